The molecule has 7 nitrogen and oxygen atoms in total. The average Bonchev–Trinajstić information content (AvgIpc) is 3.36. The number of nitrogens with one attached hydrogen (secondary N) is 1. The number of hydrogen-bond acceptors (Lipinski definition) is 6. The van der Waals surface area contributed by atoms with Gasteiger partial charge < -0.3 is 9.52 Å². The van der Waals surface area contributed by atoms with Gasteiger partial charge in [-0.15, -0.1) is 11.3 Å². The van der Waals surface area contributed by atoms with Gasteiger partial charge in [0.2, 0.25) is 5.76 Å². The molecule has 10 heteroatoms. The van der Waals surface area contributed by atoms with Crippen molar-refractivity contribution >= 4 is 44.6 Å². The molecule has 0 fully saturated rings. The molecule has 0 aliphatic carbocycles. The number of aryl methyl sites for hydroxylation is 1. The Labute approximate surface area is 187 Å². The first-order chi connectivity index (χ1) is 14.7. The van der Waals surface area contributed by atoms with Gasteiger partial charge in [0, 0.05) is 33.3 Å². The molecule has 0 spiro atoms. The summed E-state index contributed by atoms with van der Waals surface area (Å²) in [4.78, 5) is 15.5. The third-order valence-corrected chi connectivity index (χ3v) is 7.01. The molecule has 2 aromatic heterocycles. The summed E-state index contributed by atoms with van der Waals surface area (Å²) >= 11 is 7.36. The van der Waals surface area contributed by atoms with Crippen molar-refractivity contribution in [2.75, 3.05) is 4.72 Å². The molecule has 0 saturated carbocycles. The number of carboxylic acids is 1. The Balaban J connectivity index is 1.60. The number of sulfonamides is 1. The van der Waals surface area contributed by atoms with E-state index in [0.29, 0.717) is 10.7 Å². The number of hydrogen-bond donors (Lipinski definition) is 2. The van der Waals surface area contributed by atoms with Crippen molar-refractivity contribution in [3.05, 3.63) is 76.5 Å². The Morgan fingerprint density at radius 1 is 1.13 bits per heavy atom. The van der Waals surface area contributed by atoms with Gasteiger partial charge in [-0.3, -0.25) is 4.72 Å². The number of aromatic nitrogens is 1. The maximum absolute atomic E-state index is 12.7. The minimum absolute atomic E-state index is 0.00594. The lowest BCUT2D eigenvalue weighted by Gasteiger charge is -2.08. The van der Waals surface area contributed by atoms with E-state index in [9.17, 15) is 13.2 Å². The monoisotopic (exact) mass is 474 g/mol. The molecular weight excluding hydrogens is 460 g/mol. The molecule has 0 bridgehead atoms. The predicted octanol–water partition coefficient (Wildman–Crippen LogP) is 5.53. The average molecular weight is 475 g/mol. The quantitative estimate of drug-likeness (QED) is 0.380. The van der Waals surface area contributed by atoms with Crippen LogP contribution >= 0.6 is 22.9 Å². The number of aromatic carboxylic acids is 1. The molecule has 0 amide bonds. The molecule has 0 unspecified atom stereocenters. The second-order valence-electron chi connectivity index (χ2n) is 6.57. The predicted molar refractivity (Wildman–Crippen MR) is 119 cm³/mol. The highest BCUT2D eigenvalue weighted by Crippen LogP contribution is 2.31. The molecule has 158 valence electrons. The SMILES string of the molecule is Cc1oc(C(=O)O)cc1S(=O)(=O)Nc1cccc(-c2nc(-c3ccc(Cl)cc3)cs2)c1. The standard InChI is InChI=1S/C21H15ClN2O5S2/c1-12-19(10-18(29-12)21(25)26)31(27,28)24-16-4-2-3-14(9-16)20-23-17(11-30-20)13-5-7-15(22)8-6-13/h2-11,24H,1H3,(H,25,26). The molecule has 0 radical (unpaired) electrons. The van der Waals surface area contributed by atoms with Crippen LogP contribution in [-0.2, 0) is 10.0 Å². The van der Waals surface area contributed by atoms with Crippen molar-refractivity contribution in [3.63, 3.8) is 0 Å². The lowest BCUT2D eigenvalue weighted by atomic mass is 10.2. The minimum Gasteiger partial charge on any atom is -0.475 e. The number of thiazole rings is 1. The van der Waals surface area contributed by atoms with Gasteiger partial charge in [-0.1, -0.05) is 35.9 Å². The van der Waals surface area contributed by atoms with Gasteiger partial charge in [-0.05, 0) is 31.2 Å². The zero-order chi connectivity index (χ0) is 22.2. The van der Waals surface area contributed by atoms with Gasteiger partial charge in [-0.2, -0.15) is 0 Å². The van der Waals surface area contributed by atoms with E-state index >= 15 is 0 Å². The summed E-state index contributed by atoms with van der Waals surface area (Å²) in [7, 11) is -4.03. The maximum atomic E-state index is 12.7. The van der Waals surface area contributed by atoms with Crippen LogP contribution in [-0.4, -0.2) is 24.5 Å². The van der Waals surface area contributed by atoms with Crippen LogP contribution in [0.25, 0.3) is 21.8 Å². The molecule has 2 N–H and O–H groups in total. The number of anilines is 1. The highest BCUT2D eigenvalue weighted by Gasteiger charge is 2.24. The molecule has 0 atom stereocenters. The van der Waals surface area contributed by atoms with Gasteiger partial charge in [-0.25, -0.2) is 18.2 Å². The Bertz CT molecular complexity index is 1380. The van der Waals surface area contributed by atoms with E-state index in [-0.39, 0.29) is 10.7 Å². The van der Waals surface area contributed by atoms with Crippen LogP contribution in [0.1, 0.15) is 16.3 Å². The summed E-state index contributed by atoms with van der Waals surface area (Å²) < 4.78 is 32.9. The number of benzene rings is 2. The van der Waals surface area contributed by atoms with Crippen molar-refractivity contribution in [1.82, 2.24) is 4.98 Å². The van der Waals surface area contributed by atoms with Crippen LogP contribution < -0.4 is 4.72 Å². The third-order valence-electron chi connectivity index (χ3n) is 4.38. The summed E-state index contributed by atoms with van der Waals surface area (Å²) in [5, 5.41) is 12.3. The van der Waals surface area contributed by atoms with Crippen LogP contribution in [0, 0.1) is 6.92 Å². The molecule has 0 saturated heterocycles. The Morgan fingerprint density at radius 2 is 1.87 bits per heavy atom. The molecule has 0 aliphatic rings. The third kappa shape index (κ3) is 4.48. The van der Waals surface area contributed by atoms with E-state index in [1.807, 2.05) is 23.6 Å². The normalized spacial score (nSPS) is 11.4. The van der Waals surface area contributed by atoms with E-state index in [4.69, 9.17) is 21.1 Å². The summed E-state index contributed by atoms with van der Waals surface area (Å²) in [5.74, 6) is -1.79. The van der Waals surface area contributed by atoms with Crippen LogP contribution in [0.2, 0.25) is 5.02 Å². The van der Waals surface area contributed by atoms with E-state index in [1.165, 1.54) is 18.3 Å². The lowest BCUT2D eigenvalue weighted by molar-refractivity contribution is 0.0661. The van der Waals surface area contributed by atoms with Gasteiger partial charge in [0.25, 0.3) is 10.0 Å². The van der Waals surface area contributed by atoms with Gasteiger partial charge in [0.05, 0.1) is 5.69 Å². The van der Waals surface area contributed by atoms with Crippen molar-refractivity contribution in [2.45, 2.75) is 11.8 Å². The number of carbonyl (C=O) groups is 1. The largest absolute Gasteiger partial charge is 0.475 e. The van der Waals surface area contributed by atoms with E-state index in [2.05, 4.69) is 9.71 Å². The van der Waals surface area contributed by atoms with Gasteiger partial charge in [0.1, 0.15) is 15.7 Å². The molecule has 4 rings (SSSR count). The molecule has 0 aliphatic heterocycles. The first kappa shape index (κ1) is 21.1. The van der Waals surface area contributed by atoms with E-state index in [1.54, 1.807) is 30.3 Å². The second kappa shape index (κ2) is 8.18. The van der Waals surface area contributed by atoms with Crippen molar-refractivity contribution in [3.8, 4) is 21.8 Å². The number of rotatable bonds is 6. The number of furan rings is 1. The summed E-state index contributed by atoms with van der Waals surface area (Å²) in [6, 6.07) is 15.1. The maximum Gasteiger partial charge on any atom is 0.371 e. The molecule has 2 heterocycles. The van der Waals surface area contributed by atoms with Crippen LogP contribution in [0.4, 0.5) is 5.69 Å². The fourth-order valence-electron chi connectivity index (χ4n) is 2.92. The first-order valence-corrected chi connectivity index (χ1v) is 11.7. The zero-order valence-corrected chi connectivity index (χ0v) is 18.4. The minimum atomic E-state index is -4.03. The Kier molecular flexibility index (Phi) is 5.57. The zero-order valence-electron chi connectivity index (χ0n) is 16.0. The molecule has 31 heavy (non-hydrogen) atoms. The molecular formula is C21H15ClN2O5S2. The summed E-state index contributed by atoms with van der Waals surface area (Å²) in [5.41, 5.74) is 2.77. The van der Waals surface area contributed by atoms with Crippen molar-refractivity contribution in [1.29, 1.82) is 0 Å². The molecule has 4 aromatic rings. The Hall–Kier alpha value is -3.14. The highest BCUT2D eigenvalue weighted by atomic mass is 35.5. The number of nitrogens with zero attached hydrogens (tertiary/aromatic N) is 1. The topological polar surface area (TPSA) is 109 Å². The van der Waals surface area contributed by atoms with Crippen molar-refractivity contribution in [2.24, 2.45) is 0 Å². The number of halogens is 1. The molecule has 2 aromatic carbocycles. The van der Waals surface area contributed by atoms with Crippen molar-refractivity contribution < 1.29 is 22.7 Å². The van der Waals surface area contributed by atoms with Crippen LogP contribution in [0.15, 0.2) is 69.3 Å². The first-order valence-electron chi connectivity index (χ1n) is 8.91. The van der Waals surface area contributed by atoms with Gasteiger partial charge in [0.15, 0.2) is 0 Å². The summed E-state index contributed by atoms with van der Waals surface area (Å²) in [6.07, 6.45) is 0. The van der Waals surface area contributed by atoms with Gasteiger partial charge >= 0.3 is 5.97 Å². The van der Waals surface area contributed by atoms with Crippen LogP contribution in [0.5, 0.6) is 0 Å². The summed E-state index contributed by atoms with van der Waals surface area (Å²) in [6.45, 7) is 1.39. The highest BCUT2D eigenvalue weighted by molar-refractivity contribution is 7.92. The van der Waals surface area contributed by atoms with E-state index in [0.717, 1.165) is 27.9 Å². The van der Waals surface area contributed by atoms with Crippen LogP contribution in [0.3, 0.4) is 0 Å². The smallest absolute Gasteiger partial charge is 0.371 e. The van der Waals surface area contributed by atoms with E-state index < -0.39 is 21.8 Å². The number of carboxylic acid groups (broad SMARTS) is 1. The lowest BCUT2D eigenvalue weighted by Crippen LogP contribution is -2.13. The fraction of sp³-hybridized carbons (Fsp3) is 0.0476. The fourth-order valence-corrected chi connectivity index (χ4v) is 5.10. The Morgan fingerprint density at radius 3 is 2.55 bits per heavy atom. The second-order valence-corrected chi connectivity index (χ2v) is 9.51.